The van der Waals surface area contributed by atoms with Gasteiger partial charge in [0.2, 0.25) is 0 Å². The molecule has 0 atom stereocenters. The Bertz CT molecular complexity index is 602. The van der Waals surface area contributed by atoms with Crippen molar-refractivity contribution in [2.45, 2.75) is 13.8 Å². The van der Waals surface area contributed by atoms with Crippen LogP contribution in [0.1, 0.15) is 23.0 Å². The van der Waals surface area contributed by atoms with Gasteiger partial charge in [-0.25, -0.2) is 13.6 Å². The van der Waals surface area contributed by atoms with Gasteiger partial charge in [0.05, 0.1) is 6.61 Å². The molecule has 0 aliphatic heterocycles. The number of hydrogen-bond donors (Lipinski definition) is 0. The quantitative estimate of drug-likeness (QED) is 0.802. The summed E-state index contributed by atoms with van der Waals surface area (Å²) in [4.78, 5) is 11.8. The third kappa shape index (κ3) is 2.62. The Labute approximate surface area is 108 Å². The molecule has 0 fully saturated rings. The second kappa shape index (κ2) is 5.17. The van der Waals surface area contributed by atoms with E-state index in [1.165, 1.54) is 6.92 Å². The predicted molar refractivity (Wildman–Crippen MR) is 62.5 cm³/mol. The molecule has 6 heteroatoms. The zero-order chi connectivity index (χ0) is 14.0. The smallest absolute Gasteiger partial charge is 0.344 e. The second-order valence-electron chi connectivity index (χ2n) is 3.84. The Morgan fingerprint density at radius 3 is 2.53 bits per heavy atom. The van der Waals surface area contributed by atoms with E-state index in [0.717, 1.165) is 18.2 Å². The third-order valence-electron chi connectivity index (χ3n) is 2.48. The Morgan fingerprint density at radius 1 is 1.32 bits per heavy atom. The highest BCUT2D eigenvalue weighted by molar-refractivity contribution is 5.97. The number of hydrogen-bond acceptors (Lipinski definition) is 4. The van der Waals surface area contributed by atoms with Gasteiger partial charge in [-0.15, -0.1) is 0 Å². The van der Waals surface area contributed by atoms with Crippen LogP contribution in [0, 0.1) is 18.6 Å². The van der Waals surface area contributed by atoms with Crippen LogP contribution in [0.4, 0.5) is 8.78 Å². The summed E-state index contributed by atoms with van der Waals surface area (Å²) in [5, 5.41) is 3.66. The first-order valence-corrected chi connectivity index (χ1v) is 5.62. The minimum atomic E-state index is -0.759. The van der Waals surface area contributed by atoms with E-state index in [0.29, 0.717) is 0 Å². The lowest BCUT2D eigenvalue weighted by atomic mass is 10.1. The molecular weight excluding hydrogens is 256 g/mol. The largest absolute Gasteiger partial charge is 0.462 e. The summed E-state index contributed by atoms with van der Waals surface area (Å²) < 4.78 is 36.1. The zero-order valence-electron chi connectivity index (χ0n) is 10.4. The molecule has 0 unspecified atom stereocenters. The van der Waals surface area contributed by atoms with Crippen LogP contribution in [0.2, 0.25) is 0 Å². The number of ether oxygens (including phenoxy) is 1. The number of esters is 1. The first-order valence-electron chi connectivity index (χ1n) is 5.62. The highest BCUT2D eigenvalue weighted by Crippen LogP contribution is 2.27. The average Bonchev–Trinajstić information content (AvgIpc) is 2.70. The summed E-state index contributed by atoms with van der Waals surface area (Å²) in [6.45, 7) is 3.36. The molecule has 0 bridgehead atoms. The molecule has 100 valence electrons. The molecule has 19 heavy (non-hydrogen) atoms. The molecule has 1 heterocycles. The summed E-state index contributed by atoms with van der Waals surface area (Å²) in [5.74, 6) is -1.92. The monoisotopic (exact) mass is 267 g/mol. The summed E-state index contributed by atoms with van der Waals surface area (Å²) in [6, 6.07) is 2.88. The molecule has 0 spiro atoms. The normalized spacial score (nSPS) is 10.5. The van der Waals surface area contributed by atoms with E-state index in [1.54, 1.807) is 6.92 Å². The van der Waals surface area contributed by atoms with Crippen LogP contribution in [0.3, 0.4) is 0 Å². The average molecular weight is 267 g/mol. The van der Waals surface area contributed by atoms with E-state index in [-0.39, 0.29) is 29.2 Å². The lowest BCUT2D eigenvalue weighted by molar-refractivity contribution is 0.0525. The van der Waals surface area contributed by atoms with Crippen molar-refractivity contribution < 1.29 is 22.8 Å². The molecule has 2 aromatic rings. The van der Waals surface area contributed by atoms with Gasteiger partial charge < -0.3 is 9.26 Å². The van der Waals surface area contributed by atoms with Crippen LogP contribution >= 0.6 is 0 Å². The van der Waals surface area contributed by atoms with Crippen molar-refractivity contribution in [1.29, 1.82) is 0 Å². The summed E-state index contributed by atoms with van der Waals surface area (Å²) in [7, 11) is 0. The molecule has 0 amide bonds. The standard InChI is InChI=1S/C13H11F2NO3/c1-3-18-13(17)11-7(2)19-16-12(11)8-4-9(14)6-10(15)5-8/h4-6H,3H2,1-2H3. The van der Waals surface area contributed by atoms with Crippen LogP contribution in [-0.2, 0) is 4.74 Å². The van der Waals surface area contributed by atoms with Gasteiger partial charge in [-0.05, 0) is 26.0 Å². The SMILES string of the molecule is CCOC(=O)c1c(-c2cc(F)cc(F)c2)noc1C. The van der Waals surface area contributed by atoms with Crippen LogP contribution < -0.4 is 0 Å². The van der Waals surface area contributed by atoms with Crippen molar-refractivity contribution in [3.63, 3.8) is 0 Å². The predicted octanol–water partition coefficient (Wildman–Crippen LogP) is 3.10. The first-order chi connectivity index (χ1) is 9.02. The topological polar surface area (TPSA) is 52.3 Å². The highest BCUT2D eigenvalue weighted by atomic mass is 19.1. The first kappa shape index (κ1) is 13.2. The van der Waals surface area contributed by atoms with Gasteiger partial charge in [-0.2, -0.15) is 0 Å². The highest BCUT2D eigenvalue weighted by Gasteiger charge is 2.23. The van der Waals surface area contributed by atoms with E-state index in [4.69, 9.17) is 9.26 Å². The summed E-state index contributed by atoms with van der Waals surface area (Å²) in [6.07, 6.45) is 0. The molecular formula is C13H11F2NO3. The van der Waals surface area contributed by atoms with Crippen molar-refractivity contribution in [2.24, 2.45) is 0 Å². The van der Waals surface area contributed by atoms with Gasteiger partial charge in [-0.3, -0.25) is 0 Å². The van der Waals surface area contributed by atoms with Crippen LogP contribution in [0.15, 0.2) is 22.7 Å². The van der Waals surface area contributed by atoms with Crippen LogP contribution in [0.5, 0.6) is 0 Å². The van der Waals surface area contributed by atoms with Crippen molar-refractivity contribution in [2.75, 3.05) is 6.61 Å². The number of aryl methyl sites for hydroxylation is 1. The Balaban J connectivity index is 2.53. The molecule has 4 nitrogen and oxygen atoms in total. The van der Waals surface area contributed by atoms with E-state index in [9.17, 15) is 13.6 Å². The van der Waals surface area contributed by atoms with E-state index >= 15 is 0 Å². The number of aromatic nitrogens is 1. The fourth-order valence-electron chi connectivity index (χ4n) is 1.70. The van der Waals surface area contributed by atoms with Gasteiger partial charge in [0, 0.05) is 11.6 Å². The molecule has 0 aliphatic rings. The van der Waals surface area contributed by atoms with Gasteiger partial charge in [-0.1, -0.05) is 5.16 Å². The molecule has 2 rings (SSSR count). The number of carbonyl (C=O) groups is 1. The minimum absolute atomic E-state index is 0.0642. The molecule has 0 N–H and O–H groups in total. The molecule has 0 radical (unpaired) electrons. The Morgan fingerprint density at radius 2 is 1.95 bits per heavy atom. The van der Waals surface area contributed by atoms with Crippen molar-refractivity contribution in [1.82, 2.24) is 5.16 Å². The molecule has 0 saturated carbocycles. The number of halogens is 2. The van der Waals surface area contributed by atoms with Crippen molar-refractivity contribution in [3.8, 4) is 11.3 Å². The van der Waals surface area contributed by atoms with Crippen molar-refractivity contribution in [3.05, 3.63) is 41.2 Å². The van der Waals surface area contributed by atoms with Gasteiger partial charge in [0.15, 0.2) is 0 Å². The maximum Gasteiger partial charge on any atom is 0.344 e. The zero-order valence-corrected chi connectivity index (χ0v) is 10.4. The minimum Gasteiger partial charge on any atom is -0.462 e. The lowest BCUT2D eigenvalue weighted by Crippen LogP contribution is -2.06. The fourth-order valence-corrected chi connectivity index (χ4v) is 1.70. The molecule has 1 aromatic carbocycles. The molecule has 0 saturated heterocycles. The fraction of sp³-hybridized carbons (Fsp3) is 0.231. The Kier molecular flexibility index (Phi) is 3.59. The van der Waals surface area contributed by atoms with Crippen LogP contribution in [-0.4, -0.2) is 17.7 Å². The van der Waals surface area contributed by atoms with Crippen molar-refractivity contribution >= 4 is 5.97 Å². The van der Waals surface area contributed by atoms with Gasteiger partial charge in [0.25, 0.3) is 0 Å². The number of benzene rings is 1. The van der Waals surface area contributed by atoms with Gasteiger partial charge >= 0.3 is 5.97 Å². The van der Waals surface area contributed by atoms with Crippen LogP contribution in [0.25, 0.3) is 11.3 Å². The van der Waals surface area contributed by atoms with Gasteiger partial charge in [0.1, 0.15) is 28.7 Å². The summed E-state index contributed by atoms with van der Waals surface area (Å²) in [5.41, 5.74) is 0.263. The number of nitrogens with zero attached hydrogens (tertiary/aromatic N) is 1. The third-order valence-corrected chi connectivity index (χ3v) is 2.48. The summed E-state index contributed by atoms with van der Waals surface area (Å²) >= 11 is 0. The molecule has 1 aromatic heterocycles. The number of carbonyl (C=O) groups excluding carboxylic acids is 1. The maximum absolute atomic E-state index is 13.2. The molecule has 0 aliphatic carbocycles. The lowest BCUT2D eigenvalue weighted by Gasteiger charge is -2.03. The number of rotatable bonds is 3. The van der Waals surface area contributed by atoms with E-state index in [1.807, 2.05) is 0 Å². The second-order valence-corrected chi connectivity index (χ2v) is 3.84. The van der Waals surface area contributed by atoms with E-state index < -0.39 is 17.6 Å². The van der Waals surface area contributed by atoms with E-state index in [2.05, 4.69) is 5.16 Å². The Hall–Kier alpha value is -2.24. The maximum atomic E-state index is 13.2.